The van der Waals surface area contributed by atoms with Crippen LogP contribution in [0.1, 0.15) is 45.1 Å². The molecule has 6 nitrogen and oxygen atoms in total. The predicted molar refractivity (Wildman–Crippen MR) is 155 cm³/mol. The number of rotatable bonds is 11. The lowest BCUT2D eigenvalue weighted by Gasteiger charge is -2.26. The molecule has 0 saturated carbocycles. The molecule has 6 heteroatoms. The lowest BCUT2D eigenvalue weighted by atomic mass is 10.0. The van der Waals surface area contributed by atoms with Crippen molar-refractivity contribution in [2.75, 3.05) is 39.3 Å². The summed E-state index contributed by atoms with van der Waals surface area (Å²) in [5.74, 6) is 4.07. The summed E-state index contributed by atoms with van der Waals surface area (Å²) in [6.07, 6.45) is 2.22. The monoisotopic (exact) mass is 512 g/mol. The molecule has 0 spiro atoms. The molecule has 1 saturated heterocycles. The van der Waals surface area contributed by atoms with Crippen molar-refractivity contribution in [1.82, 2.24) is 19.8 Å². The van der Waals surface area contributed by atoms with Gasteiger partial charge in [-0.3, -0.25) is 4.90 Å². The second-order valence-electron chi connectivity index (χ2n) is 10.4. The van der Waals surface area contributed by atoms with Gasteiger partial charge in [0, 0.05) is 50.9 Å². The highest BCUT2D eigenvalue weighted by molar-refractivity contribution is 5.82. The van der Waals surface area contributed by atoms with E-state index in [1.165, 1.54) is 5.56 Å². The number of hydrogen-bond donors (Lipinski definition) is 1. The summed E-state index contributed by atoms with van der Waals surface area (Å²) in [5.41, 5.74) is 4.52. The second-order valence-corrected chi connectivity index (χ2v) is 10.4. The van der Waals surface area contributed by atoms with Crippen LogP contribution in [0.15, 0.2) is 66.7 Å². The molecule has 3 aromatic carbocycles. The molecule has 2 heterocycles. The van der Waals surface area contributed by atoms with Gasteiger partial charge in [0.1, 0.15) is 29.7 Å². The zero-order valence-corrected chi connectivity index (χ0v) is 23.0. The minimum atomic E-state index is 0.510. The summed E-state index contributed by atoms with van der Waals surface area (Å²) < 4.78 is 14.6. The van der Waals surface area contributed by atoms with Gasteiger partial charge >= 0.3 is 0 Å². The summed E-state index contributed by atoms with van der Waals surface area (Å²) in [6.45, 7) is 13.5. The van der Waals surface area contributed by atoms with E-state index in [-0.39, 0.29) is 0 Å². The molecular weight excluding hydrogens is 472 g/mol. The topological polar surface area (TPSA) is 51.6 Å². The van der Waals surface area contributed by atoms with Crippen LogP contribution in [-0.2, 0) is 6.54 Å². The number of nitrogens with zero attached hydrogens (tertiary/aromatic N) is 3. The van der Waals surface area contributed by atoms with Crippen LogP contribution >= 0.6 is 0 Å². The van der Waals surface area contributed by atoms with Crippen molar-refractivity contribution in [2.24, 2.45) is 0 Å². The molecule has 4 aromatic rings. The highest BCUT2D eigenvalue weighted by Crippen LogP contribution is 2.31. The molecule has 1 aromatic heterocycles. The molecular formula is C32H40N4O2. The van der Waals surface area contributed by atoms with Gasteiger partial charge in [-0.25, -0.2) is 4.98 Å². The van der Waals surface area contributed by atoms with Crippen LogP contribution < -0.4 is 14.8 Å². The Bertz CT molecular complexity index is 1310. The van der Waals surface area contributed by atoms with Gasteiger partial charge < -0.3 is 19.4 Å². The smallest absolute Gasteiger partial charge is 0.141 e. The molecule has 5 rings (SSSR count). The Hall–Kier alpha value is -3.35. The Kier molecular flexibility index (Phi) is 8.61. The summed E-state index contributed by atoms with van der Waals surface area (Å²) in [6, 6.07) is 22.9. The largest absolute Gasteiger partial charge is 0.492 e. The van der Waals surface area contributed by atoms with E-state index < -0.39 is 0 Å². The third-order valence-electron chi connectivity index (χ3n) is 7.24. The van der Waals surface area contributed by atoms with Crippen molar-refractivity contribution in [3.05, 3.63) is 72.3 Å². The zero-order valence-electron chi connectivity index (χ0n) is 23.0. The van der Waals surface area contributed by atoms with Gasteiger partial charge in [0.15, 0.2) is 0 Å². The van der Waals surface area contributed by atoms with Crippen LogP contribution in [0.25, 0.3) is 22.4 Å². The Balaban J connectivity index is 1.32. The number of benzene rings is 3. The van der Waals surface area contributed by atoms with E-state index in [1.807, 2.05) is 30.3 Å². The fourth-order valence-corrected chi connectivity index (χ4v) is 4.91. The van der Waals surface area contributed by atoms with Crippen LogP contribution in [0.2, 0.25) is 0 Å². The van der Waals surface area contributed by atoms with Crippen molar-refractivity contribution in [3.63, 3.8) is 0 Å². The molecule has 200 valence electrons. The maximum Gasteiger partial charge on any atom is 0.141 e. The number of aryl methyl sites for hydroxylation is 1. The van der Waals surface area contributed by atoms with E-state index in [4.69, 9.17) is 14.5 Å². The number of unbranched alkanes of at least 4 members (excludes halogenated alkanes) is 1. The zero-order chi connectivity index (χ0) is 26.3. The van der Waals surface area contributed by atoms with Crippen LogP contribution in [0.3, 0.4) is 0 Å². The highest BCUT2D eigenvalue weighted by atomic mass is 16.5. The van der Waals surface area contributed by atoms with Gasteiger partial charge in [-0.2, -0.15) is 0 Å². The first kappa shape index (κ1) is 26.3. The van der Waals surface area contributed by atoms with E-state index in [2.05, 4.69) is 72.0 Å². The number of imidazole rings is 1. The van der Waals surface area contributed by atoms with Crippen LogP contribution in [0.5, 0.6) is 17.2 Å². The lowest BCUT2D eigenvalue weighted by molar-refractivity contribution is 0.191. The van der Waals surface area contributed by atoms with Gasteiger partial charge in [-0.1, -0.05) is 39.3 Å². The molecule has 1 fully saturated rings. The van der Waals surface area contributed by atoms with Crippen molar-refractivity contribution >= 4 is 11.0 Å². The summed E-state index contributed by atoms with van der Waals surface area (Å²) in [5, 5.41) is 3.40. The number of hydrogen-bond acceptors (Lipinski definition) is 5. The number of aromatic nitrogens is 2. The van der Waals surface area contributed by atoms with E-state index in [0.29, 0.717) is 12.5 Å². The van der Waals surface area contributed by atoms with Crippen molar-refractivity contribution < 1.29 is 9.47 Å². The molecule has 0 atom stereocenters. The number of fused-ring (bicyclic) bond motifs is 1. The summed E-state index contributed by atoms with van der Waals surface area (Å²) in [7, 11) is 0. The Morgan fingerprint density at radius 2 is 1.55 bits per heavy atom. The normalized spacial score (nSPS) is 14.3. The minimum Gasteiger partial charge on any atom is -0.492 e. The van der Waals surface area contributed by atoms with Crippen molar-refractivity contribution in [2.45, 2.75) is 46.1 Å². The van der Waals surface area contributed by atoms with Crippen LogP contribution in [0.4, 0.5) is 0 Å². The molecule has 0 bridgehead atoms. The molecule has 0 amide bonds. The average Bonchev–Trinajstić information content (AvgIpc) is 3.31. The van der Waals surface area contributed by atoms with Gasteiger partial charge in [0.2, 0.25) is 0 Å². The van der Waals surface area contributed by atoms with Crippen LogP contribution in [0, 0.1) is 0 Å². The van der Waals surface area contributed by atoms with E-state index in [1.54, 1.807) is 0 Å². The highest BCUT2D eigenvalue weighted by Gasteiger charge is 2.15. The molecule has 0 aliphatic carbocycles. The molecule has 1 N–H and O–H groups in total. The van der Waals surface area contributed by atoms with Gasteiger partial charge in [0.05, 0.1) is 11.0 Å². The standard InChI is InChI=1S/C32H40N4O2/c1-4-5-18-36-31-23-29(37-22-21-35-19-16-33-17-20-35)14-15-30(31)34-32(36)26-8-12-28(13-9-26)38-27-10-6-25(7-11-27)24(2)3/h6-15,23-24,33H,4-5,16-22H2,1-3H3. The minimum absolute atomic E-state index is 0.510. The van der Waals surface area contributed by atoms with E-state index >= 15 is 0 Å². The quantitative estimate of drug-likeness (QED) is 0.242. The van der Waals surface area contributed by atoms with Crippen molar-refractivity contribution in [1.29, 1.82) is 0 Å². The number of piperazine rings is 1. The Morgan fingerprint density at radius 1 is 0.868 bits per heavy atom. The molecule has 38 heavy (non-hydrogen) atoms. The third-order valence-corrected chi connectivity index (χ3v) is 7.24. The van der Waals surface area contributed by atoms with Crippen LogP contribution in [-0.4, -0.2) is 53.8 Å². The van der Waals surface area contributed by atoms with Gasteiger partial charge in [0.25, 0.3) is 0 Å². The molecule has 1 aliphatic rings. The summed E-state index contributed by atoms with van der Waals surface area (Å²) in [4.78, 5) is 7.47. The first-order valence-electron chi connectivity index (χ1n) is 14.0. The maximum atomic E-state index is 6.16. The second kappa shape index (κ2) is 12.5. The Morgan fingerprint density at radius 3 is 2.24 bits per heavy atom. The fraction of sp³-hybridized carbons (Fsp3) is 0.406. The molecule has 1 aliphatic heterocycles. The van der Waals surface area contributed by atoms with Gasteiger partial charge in [-0.15, -0.1) is 0 Å². The van der Waals surface area contributed by atoms with Gasteiger partial charge in [-0.05, 0) is 66.4 Å². The predicted octanol–water partition coefficient (Wildman–Crippen LogP) is 6.70. The lowest BCUT2D eigenvalue weighted by Crippen LogP contribution is -2.44. The fourth-order valence-electron chi connectivity index (χ4n) is 4.91. The average molecular weight is 513 g/mol. The number of nitrogens with one attached hydrogen (secondary N) is 1. The molecule has 0 radical (unpaired) electrons. The SMILES string of the molecule is CCCCn1c(-c2ccc(Oc3ccc(C(C)C)cc3)cc2)nc2ccc(OCCN3CCNCC3)cc21. The first-order valence-corrected chi connectivity index (χ1v) is 14.0. The molecule has 0 unspecified atom stereocenters. The van der Waals surface area contributed by atoms with E-state index in [0.717, 1.165) is 91.8 Å². The first-order chi connectivity index (χ1) is 18.6. The number of ether oxygens (including phenoxy) is 2. The third kappa shape index (κ3) is 6.37. The van der Waals surface area contributed by atoms with E-state index in [9.17, 15) is 0 Å². The Labute approximate surface area is 226 Å². The van der Waals surface area contributed by atoms with Crippen molar-refractivity contribution in [3.8, 4) is 28.6 Å². The summed E-state index contributed by atoms with van der Waals surface area (Å²) >= 11 is 0. The maximum absolute atomic E-state index is 6.16.